The normalized spacial score (nSPS) is 9.40. The first kappa shape index (κ1) is 11.3. The Labute approximate surface area is 89.9 Å². The van der Waals surface area contributed by atoms with Gasteiger partial charge < -0.3 is 4.90 Å². The van der Waals surface area contributed by atoms with E-state index >= 15 is 0 Å². The van der Waals surface area contributed by atoms with E-state index < -0.39 is 0 Å². The monoisotopic (exact) mass is 202 g/mol. The lowest BCUT2D eigenvalue weighted by Crippen LogP contribution is -2.26. The van der Waals surface area contributed by atoms with Crippen molar-refractivity contribution < 1.29 is 4.79 Å². The molecule has 0 saturated heterocycles. The molecule has 0 radical (unpaired) electrons. The van der Waals surface area contributed by atoms with E-state index in [-0.39, 0.29) is 5.91 Å². The highest BCUT2D eigenvalue weighted by atomic mass is 16.2. The lowest BCUT2D eigenvalue weighted by molar-refractivity contribution is 0.0802. The van der Waals surface area contributed by atoms with Crippen LogP contribution in [0.2, 0.25) is 0 Å². The van der Waals surface area contributed by atoms with Crippen molar-refractivity contribution in [2.75, 3.05) is 13.6 Å². The van der Waals surface area contributed by atoms with E-state index in [1.165, 1.54) is 0 Å². The third-order valence-corrected chi connectivity index (χ3v) is 2.31. The maximum Gasteiger partial charge on any atom is 0.253 e. The second kappa shape index (κ2) is 5.16. The van der Waals surface area contributed by atoms with Gasteiger partial charge in [0.2, 0.25) is 0 Å². The molecule has 78 valence electrons. The van der Waals surface area contributed by atoms with Crippen LogP contribution in [0.5, 0.6) is 0 Å². The van der Waals surface area contributed by atoms with Gasteiger partial charge in [-0.2, -0.15) is 5.26 Å². The number of nitrogens with zero attached hydrogens (tertiary/aromatic N) is 2. The molecule has 3 heteroatoms. The summed E-state index contributed by atoms with van der Waals surface area (Å²) in [5, 5.41) is 8.50. The summed E-state index contributed by atoms with van der Waals surface area (Å²) in [5.74, 6) is 0.0148. The van der Waals surface area contributed by atoms with E-state index in [9.17, 15) is 4.79 Å². The summed E-state index contributed by atoms with van der Waals surface area (Å²) in [5.41, 5.74) is 1.61. The van der Waals surface area contributed by atoms with E-state index in [1.807, 2.05) is 19.1 Å². The van der Waals surface area contributed by atoms with Gasteiger partial charge in [0, 0.05) is 19.2 Å². The van der Waals surface area contributed by atoms with Crippen molar-refractivity contribution in [3.63, 3.8) is 0 Å². The molecule has 1 amide bonds. The average molecular weight is 202 g/mol. The van der Waals surface area contributed by atoms with Gasteiger partial charge in [0.05, 0.1) is 12.5 Å². The maximum atomic E-state index is 11.7. The SMILES string of the molecule is CCN(C)C(=O)c1ccc(CC#N)cc1. The molecule has 0 unspecified atom stereocenters. The Morgan fingerprint density at radius 2 is 2.00 bits per heavy atom. The van der Waals surface area contributed by atoms with E-state index in [2.05, 4.69) is 6.07 Å². The molecule has 1 aromatic rings. The topological polar surface area (TPSA) is 44.1 Å². The van der Waals surface area contributed by atoms with Crippen molar-refractivity contribution in [2.45, 2.75) is 13.3 Å². The summed E-state index contributed by atoms with van der Waals surface area (Å²) < 4.78 is 0. The molecule has 0 aliphatic heterocycles. The van der Waals surface area contributed by atoms with Gasteiger partial charge >= 0.3 is 0 Å². The minimum atomic E-state index is 0.0148. The van der Waals surface area contributed by atoms with Gasteiger partial charge in [-0.1, -0.05) is 12.1 Å². The molecule has 0 bridgehead atoms. The molecule has 0 aromatic heterocycles. The minimum Gasteiger partial charge on any atom is -0.342 e. The van der Waals surface area contributed by atoms with E-state index in [1.54, 1.807) is 24.1 Å². The van der Waals surface area contributed by atoms with Crippen LogP contribution in [-0.2, 0) is 6.42 Å². The lowest BCUT2D eigenvalue weighted by Gasteiger charge is -2.14. The second-order valence-electron chi connectivity index (χ2n) is 3.35. The number of hydrogen-bond donors (Lipinski definition) is 0. The fourth-order valence-electron chi connectivity index (χ4n) is 1.22. The predicted molar refractivity (Wildman–Crippen MR) is 58.4 cm³/mol. The van der Waals surface area contributed by atoms with Crippen molar-refractivity contribution in [1.29, 1.82) is 5.26 Å². The van der Waals surface area contributed by atoms with Crippen molar-refractivity contribution in [2.24, 2.45) is 0 Å². The standard InChI is InChI=1S/C12H14N2O/c1-3-14(2)12(15)11-6-4-10(5-7-11)8-9-13/h4-7H,3,8H2,1-2H3. The largest absolute Gasteiger partial charge is 0.342 e. The number of carbonyl (C=O) groups excluding carboxylic acids is 1. The fraction of sp³-hybridized carbons (Fsp3) is 0.333. The van der Waals surface area contributed by atoms with Crippen LogP contribution < -0.4 is 0 Å². The van der Waals surface area contributed by atoms with E-state index in [0.29, 0.717) is 18.5 Å². The Balaban J connectivity index is 2.81. The Kier molecular flexibility index (Phi) is 3.87. The van der Waals surface area contributed by atoms with Crippen LogP contribution in [0.25, 0.3) is 0 Å². The zero-order chi connectivity index (χ0) is 11.3. The lowest BCUT2D eigenvalue weighted by atomic mass is 10.1. The molecule has 3 nitrogen and oxygen atoms in total. The van der Waals surface area contributed by atoms with Gasteiger partial charge in [0.25, 0.3) is 5.91 Å². The molecule has 15 heavy (non-hydrogen) atoms. The van der Waals surface area contributed by atoms with Gasteiger partial charge in [0.1, 0.15) is 0 Å². The maximum absolute atomic E-state index is 11.7. The molecule has 0 saturated carbocycles. The molecule has 0 aliphatic rings. The molecule has 0 N–H and O–H groups in total. The zero-order valence-corrected chi connectivity index (χ0v) is 9.03. The number of benzene rings is 1. The van der Waals surface area contributed by atoms with E-state index in [0.717, 1.165) is 5.56 Å². The summed E-state index contributed by atoms with van der Waals surface area (Å²) in [6.45, 7) is 2.63. The van der Waals surface area contributed by atoms with Crippen LogP contribution in [0.4, 0.5) is 0 Å². The zero-order valence-electron chi connectivity index (χ0n) is 9.03. The highest BCUT2D eigenvalue weighted by Gasteiger charge is 2.08. The number of nitriles is 1. The molecular weight excluding hydrogens is 188 g/mol. The third kappa shape index (κ3) is 2.81. The number of amides is 1. The summed E-state index contributed by atoms with van der Waals surface area (Å²) in [4.78, 5) is 13.4. The molecule has 0 aliphatic carbocycles. The number of carbonyl (C=O) groups is 1. The average Bonchev–Trinajstić information content (AvgIpc) is 2.28. The van der Waals surface area contributed by atoms with E-state index in [4.69, 9.17) is 5.26 Å². The molecular formula is C12H14N2O. The number of rotatable bonds is 3. The Morgan fingerprint density at radius 1 is 1.40 bits per heavy atom. The first-order valence-electron chi connectivity index (χ1n) is 4.90. The van der Waals surface area contributed by atoms with Crippen LogP contribution in [0.15, 0.2) is 24.3 Å². The molecule has 0 spiro atoms. The molecule has 1 aromatic carbocycles. The molecule has 0 atom stereocenters. The van der Waals surface area contributed by atoms with Gasteiger partial charge in [-0.25, -0.2) is 0 Å². The van der Waals surface area contributed by atoms with Crippen LogP contribution in [0.3, 0.4) is 0 Å². The van der Waals surface area contributed by atoms with Gasteiger partial charge in [0.15, 0.2) is 0 Å². The van der Waals surface area contributed by atoms with Crippen molar-refractivity contribution in [3.8, 4) is 6.07 Å². The van der Waals surface area contributed by atoms with Crippen molar-refractivity contribution >= 4 is 5.91 Å². The summed E-state index contributed by atoms with van der Waals surface area (Å²) >= 11 is 0. The number of hydrogen-bond acceptors (Lipinski definition) is 2. The Morgan fingerprint density at radius 3 is 2.47 bits per heavy atom. The van der Waals surface area contributed by atoms with Crippen LogP contribution in [0.1, 0.15) is 22.8 Å². The first-order valence-corrected chi connectivity index (χ1v) is 4.90. The molecule has 0 fully saturated rings. The summed E-state index contributed by atoms with van der Waals surface area (Å²) in [6, 6.07) is 9.24. The smallest absolute Gasteiger partial charge is 0.253 e. The van der Waals surface area contributed by atoms with Gasteiger partial charge in [-0.15, -0.1) is 0 Å². The molecule has 0 heterocycles. The first-order chi connectivity index (χ1) is 7.19. The minimum absolute atomic E-state index is 0.0148. The fourth-order valence-corrected chi connectivity index (χ4v) is 1.22. The highest BCUT2D eigenvalue weighted by Crippen LogP contribution is 2.07. The van der Waals surface area contributed by atoms with Crippen LogP contribution in [0, 0.1) is 11.3 Å². The predicted octanol–water partition coefficient (Wildman–Crippen LogP) is 1.84. The summed E-state index contributed by atoms with van der Waals surface area (Å²) in [7, 11) is 1.77. The highest BCUT2D eigenvalue weighted by molar-refractivity contribution is 5.94. The Bertz CT molecular complexity index is 376. The Hall–Kier alpha value is -1.82. The van der Waals surface area contributed by atoms with Gasteiger partial charge in [-0.3, -0.25) is 4.79 Å². The second-order valence-corrected chi connectivity index (χ2v) is 3.35. The van der Waals surface area contributed by atoms with Crippen molar-refractivity contribution in [3.05, 3.63) is 35.4 Å². The van der Waals surface area contributed by atoms with Gasteiger partial charge in [-0.05, 0) is 24.6 Å². The summed E-state index contributed by atoms with van der Waals surface area (Å²) in [6.07, 6.45) is 0.387. The quantitative estimate of drug-likeness (QED) is 0.750. The van der Waals surface area contributed by atoms with Crippen molar-refractivity contribution in [1.82, 2.24) is 4.90 Å². The molecule has 1 rings (SSSR count). The van der Waals surface area contributed by atoms with Crippen LogP contribution in [-0.4, -0.2) is 24.4 Å². The van der Waals surface area contributed by atoms with Crippen LogP contribution >= 0.6 is 0 Å². The third-order valence-electron chi connectivity index (χ3n) is 2.31.